The summed E-state index contributed by atoms with van der Waals surface area (Å²) in [5, 5.41) is 12.6. The summed E-state index contributed by atoms with van der Waals surface area (Å²) in [7, 11) is 0. The number of rotatable bonds is 7. The number of hydrogen-bond acceptors (Lipinski definition) is 3. The molecule has 0 aliphatic rings. The van der Waals surface area contributed by atoms with Crippen molar-refractivity contribution in [2.45, 2.75) is 25.9 Å². The summed E-state index contributed by atoms with van der Waals surface area (Å²) in [6, 6.07) is 13.9. The Morgan fingerprint density at radius 2 is 1.88 bits per heavy atom. The Morgan fingerprint density at radius 1 is 1.20 bits per heavy atom. The van der Waals surface area contributed by atoms with Crippen molar-refractivity contribution in [2.24, 2.45) is 0 Å². The molecule has 0 fully saturated rings. The zero-order valence-corrected chi connectivity index (χ0v) is 14.8. The van der Waals surface area contributed by atoms with E-state index in [2.05, 4.69) is 5.32 Å². The van der Waals surface area contributed by atoms with Crippen LogP contribution in [0.5, 0.6) is 5.75 Å². The van der Waals surface area contributed by atoms with Crippen molar-refractivity contribution in [2.75, 3.05) is 6.54 Å². The third kappa shape index (κ3) is 5.22. The first kappa shape index (κ1) is 18.8. The first-order chi connectivity index (χ1) is 11.9. The average molecular weight is 362 g/mol. The number of carboxylic acids is 1. The molecule has 132 valence electrons. The number of carbonyl (C=O) groups is 2. The number of amides is 1. The highest BCUT2D eigenvalue weighted by Gasteiger charge is 2.22. The molecule has 0 saturated heterocycles. The molecule has 0 radical (unpaired) electrons. The maximum atomic E-state index is 12.2. The van der Waals surface area contributed by atoms with Gasteiger partial charge in [-0.15, -0.1) is 0 Å². The predicted molar refractivity (Wildman–Crippen MR) is 96.1 cm³/mol. The van der Waals surface area contributed by atoms with Crippen LogP contribution in [0.2, 0.25) is 5.02 Å². The molecule has 0 aliphatic heterocycles. The van der Waals surface area contributed by atoms with E-state index in [0.29, 0.717) is 16.3 Å². The minimum Gasteiger partial charge on any atom is -0.481 e. The van der Waals surface area contributed by atoms with E-state index in [1.54, 1.807) is 49.4 Å². The Labute approximate surface area is 151 Å². The largest absolute Gasteiger partial charge is 0.481 e. The second-order valence-corrected chi connectivity index (χ2v) is 6.12. The number of nitrogens with one attached hydrogen (secondary N) is 1. The van der Waals surface area contributed by atoms with Gasteiger partial charge in [-0.05, 0) is 43.2 Å². The van der Waals surface area contributed by atoms with Gasteiger partial charge in [-0.1, -0.05) is 41.9 Å². The molecule has 1 amide bonds. The van der Waals surface area contributed by atoms with E-state index in [1.165, 1.54) is 0 Å². The highest BCUT2D eigenvalue weighted by atomic mass is 35.5. The maximum absolute atomic E-state index is 12.2. The van der Waals surface area contributed by atoms with Crippen LogP contribution >= 0.6 is 11.6 Å². The van der Waals surface area contributed by atoms with Crippen molar-refractivity contribution in [1.82, 2.24) is 5.32 Å². The Hall–Kier alpha value is -2.53. The van der Waals surface area contributed by atoms with E-state index in [-0.39, 0.29) is 12.5 Å². The van der Waals surface area contributed by atoms with Crippen LogP contribution in [0.3, 0.4) is 0 Å². The molecule has 2 rings (SSSR count). The molecule has 0 bridgehead atoms. The van der Waals surface area contributed by atoms with Crippen molar-refractivity contribution in [3.05, 3.63) is 64.7 Å². The van der Waals surface area contributed by atoms with Gasteiger partial charge in [0.2, 0.25) is 0 Å². The van der Waals surface area contributed by atoms with Gasteiger partial charge < -0.3 is 15.2 Å². The monoisotopic (exact) mass is 361 g/mol. The first-order valence-corrected chi connectivity index (χ1v) is 8.24. The highest BCUT2D eigenvalue weighted by Crippen LogP contribution is 2.22. The molecule has 25 heavy (non-hydrogen) atoms. The number of carbonyl (C=O) groups excluding carboxylic acids is 1. The van der Waals surface area contributed by atoms with E-state index in [1.807, 2.05) is 13.0 Å². The molecular weight excluding hydrogens is 342 g/mol. The molecule has 5 nitrogen and oxygen atoms in total. The van der Waals surface area contributed by atoms with Gasteiger partial charge in [-0.3, -0.25) is 9.59 Å². The number of ether oxygens (including phenoxy) is 1. The quantitative estimate of drug-likeness (QED) is 0.792. The number of carboxylic acid groups (broad SMARTS) is 1. The molecule has 2 N–H and O–H groups in total. The van der Waals surface area contributed by atoms with E-state index in [9.17, 15) is 14.7 Å². The van der Waals surface area contributed by atoms with Crippen LogP contribution in [-0.2, 0) is 9.59 Å². The third-order valence-corrected chi connectivity index (χ3v) is 4.22. The number of aryl methyl sites for hydroxylation is 1. The van der Waals surface area contributed by atoms with Gasteiger partial charge in [0.05, 0.1) is 5.92 Å². The number of benzene rings is 2. The minimum absolute atomic E-state index is 0.00841. The fraction of sp³-hybridized carbons (Fsp3) is 0.263. The highest BCUT2D eigenvalue weighted by molar-refractivity contribution is 6.31. The Kier molecular flexibility index (Phi) is 6.42. The van der Waals surface area contributed by atoms with Gasteiger partial charge in [0.1, 0.15) is 5.75 Å². The van der Waals surface area contributed by atoms with Gasteiger partial charge in [0.25, 0.3) is 5.91 Å². The van der Waals surface area contributed by atoms with Crippen molar-refractivity contribution >= 4 is 23.5 Å². The van der Waals surface area contributed by atoms with Gasteiger partial charge in [0, 0.05) is 11.6 Å². The summed E-state index contributed by atoms with van der Waals surface area (Å²) in [6.45, 7) is 3.44. The predicted octanol–water partition coefficient (Wildman–Crippen LogP) is 3.40. The van der Waals surface area contributed by atoms with Crippen LogP contribution in [-0.4, -0.2) is 29.6 Å². The molecule has 0 heterocycles. The second-order valence-electron chi connectivity index (χ2n) is 5.72. The van der Waals surface area contributed by atoms with E-state index < -0.39 is 18.0 Å². The molecule has 2 aromatic carbocycles. The Morgan fingerprint density at radius 3 is 2.48 bits per heavy atom. The molecule has 2 unspecified atom stereocenters. The van der Waals surface area contributed by atoms with Gasteiger partial charge in [-0.2, -0.15) is 0 Å². The zero-order chi connectivity index (χ0) is 18.4. The fourth-order valence-corrected chi connectivity index (χ4v) is 2.45. The molecule has 6 heteroatoms. The summed E-state index contributed by atoms with van der Waals surface area (Å²) in [6.07, 6.45) is -0.759. The zero-order valence-electron chi connectivity index (χ0n) is 14.0. The molecule has 2 atom stereocenters. The SMILES string of the molecule is Cc1cc(OC(C)C(=O)NCC(C(=O)O)c2ccccc2)ccc1Cl. The standard InChI is InChI=1S/C19H20ClNO4/c1-12-10-15(8-9-17(12)20)25-13(2)18(22)21-11-16(19(23)24)14-6-4-3-5-7-14/h3-10,13,16H,11H2,1-2H3,(H,21,22)(H,23,24). The number of aliphatic carboxylic acids is 1. The Bertz CT molecular complexity index is 748. The van der Waals surface area contributed by atoms with Crippen molar-refractivity contribution in [3.63, 3.8) is 0 Å². The number of hydrogen-bond donors (Lipinski definition) is 2. The minimum atomic E-state index is -0.992. The molecule has 0 aromatic heterocycles. The lowest BCUT2D eigenvalue weighted by atomic mass is 9.99. The maximum Gasteiger partial charge on any atom is 0.312 e. The van der Waals surface area contributed by atoms with E-state index in [0.717, 1.165) is 5.56 Å². The van der Waals surface area contributed by atoms with Crippen molar-refractivity contribution in [1.29, 1.82) is 0 Å². The Balaban J connectivity index is 1.95. The summed E-state index contributed by atoms with van der Waals surface area (Å²) in [5.74, 6) is -1.65. The van der Waals surface area contributed by atoms with Crippen molar-refractivity contribution in [3.8, 4) is 5.75 Å². The molecule has 2 aromatic rings. The fourth-order valence-electron chi connectivity index (χ4n) is 2.33. The average Bonchev–Trinajstić information content (AvgIpc) is 2.58. The lowest BCUT2D eigenvalue weighted by Crippen LogP contribution is -2.39. The van der Waals surface area contributed by atoms with Gasteiger partial charge >= 0.3 is 5.97 Å². The molecule has 0 spiro atoms. The van der Waals surface area contributed by atoms with Crippen LogP contribution in [0, 0.1) is 6.92 Å². The normalized spacial score (nSPS) is 12.9. The molecule has 0 saturated carbocycles. The summed E-state index contributed by atoms with van der Waals surface area (Å²) in [5.41, 5.74) is 1.49. The van der Waals surface area contributed by atoms with Crippen LogP contribution in [0.1, 0.15) is 24.0 Å². The third-order valence-electron chi connectivity index (χ3n) is 3.79. The van der Waals surface area contributed by atoms with Gasteiger partial charge in [-0.25, -0.2) is 0 Å². The van der Waals surface area contributed by atoms with E-state index in [4.69, 9.17) is 16.3 Å². The summed E-state index contributed by atoms with van der Waals surface area (Å²) >= 11 is 5.96. The van der Waals surface area contributed by atoms with Crippen LogP contribution < -0.4 is 10.1 Å². The number of halogens is 1. The van der Waals surface area contributed by atoms with Crippen LogP contribution in [0.4, 0.5) is 0 Å². The topological polar surface area (TPSA) is 75.6 Å². The van der Waals surface area contributed by atoms with E-state index >= 15 is 0 Å². The first-order valence-electron chi connectivity index (χ1n) is 7.86. The summed E-state index contributed by atoms with van der Waals surface area (Å²) < 4.78 is 5.59. The smallest absolute Gasteiger partial charge is 0.312 e. The molecule has 0 aliphatic carbocycles. The lowest BCUT2D eigenvalue weighted by molar-refractivity contribution is -0.138. The van der Waals surface area contributed by atoms with Gasteiger partial charge in [0.15, 0.2) is 6.10 Å². The van der Waals surface area contributed by atoms with Crippen LogP contribution in [0.15, 0.2) is 48.5 Å². The second kappa shape index (κ2) is 8.53. The lowest BCUT2D eigenvalue weighted by Gasteiger charge is -2.18. The van der Waals surface area contributed by atoms with Crippen molar-refractivity contribution < 1.29 is 19.4 Å². The molecular formula is C19H20ClNO4. The van der Waals surface area contributed by atoms with Crippen LogP contribution in [0.25, 0.3) is 0 Å². The summed E-state index contributed by atoms with van der Waals surface area (Å²) in [4.78, 5) is 23.7.